The van der Waals surface area contributed by atoms with Crippen molar-refractivity contribution in [3.63, 3.8) is 0 Å². The van der Waals surface area contributed by atoms with E-state index in [1.807, 2.05) is 0 Å². The van der Waals surface area contributed by atoms with Crippen LogP contribution in [0, 0.1) is 0 Å². The Hall–Kier alpha value is -1.29. The van der Waals surface area contributed by atoms with Crippen LogP contribution < -0.4 is 5.73 Å². The predicted molar refractivity (Wildman–Crippen MR) is 43.4 cm³/mol. The average Bonchev–Trinajstić information content (AvgIpc) is 2.05. The van der Waals surface area contributed by atoms with E-state index in [2.05, 4.69) is 0 Å². The summed E-state index contributed by atoms with van der Waals surface area (Å²) in [6.07, 6.45) is 2.84. The number of amides is 1. The van der Waals surface area contributed by atoms with E-state index in [0.29, 0.717) is 12.0 Å². The highest BCUT2D eigenvalue weighted by Crippen LogP contribution is 2.18. The topological polar surface area (TPSA) is 72.5 Å². The lowest BCUT2D eigenvalue weighted by Crippen LogP contribution is -2.23. The largest absolute Gasteiger partial charge is 0.510 e. The van der Waals surface area contributed by atoms with E-state index in [9.17, 15) is 9.90 Å². The van der Waals surface area contributed by atoms with Crippen molar-refractivity contribution < 1.29 is 14.6 Å². The highest BCUT2D eigenvalue weighted by atomic mass is 16.5. The van der Waals surface area contributed by atoms with Gasteiger partial charge in [0.15, 0.2) is 0 Å². The number of aliphatic hydroxyl groups is 1. The number of primary amides is 1. The number of ether oxygens (including phenoxy) is 1. The molecule has 12 heavy (non-hydrogen) atoms. The van der Waals surface area contributed by atoms with Gasteiger partial charge in [0.25, 0.3) is 0 Å². The van der Waals surface area contributed by atoms with Crippen molar-refractivity contribution >= 4 is 5.91 Å². The number of rotatable bonds is 2. The van der Waals surface area contributed by atoms with Gasteiger partial charge in [0.2, 0.25) is 5.91 Å². The van der Waals surface area contributed by atoms with Gasteiger partial charge in [-0.05, 0) is 6.08 Å². The summed E-state index contributed by atoms with van der Waals surface area (Å²) in [5.74, 6) is -0.344. The summed E-state index contributed by atoms with van der Waals surface area (Å²) < 4.78 is 4.92. The maximum Gasteiger partial charge on any atom is 0.244 e. The van der Waals surface area contributed by atoms with Crippen LogP contribution in [0.25, 0.3) is 0 Å². The summed E-state index contributed by atoms with van der Waals surface area (Å²) in [6, 6.07) is 0. The van der Waals surface area contributed by atoms with E-state index in [0.717, 1.165) is 0 Å². The highest BCUT2D eigenvalue weighted by molar-refractivity contribution is 5.92. The van der Waals surface area contributed by atoms with Gasteiger partial charge >= 0.3 is 0 Å². The molecule has 0 aromatic heterocycles. The van der Waals surface area contributed by atoms with Gasteiger partial charge in [0, 0.05) is 19.1 Å². The third-order valence-corrected chi connectivity index (χ3v) is 1.79. The number of hydrogen-bond donors (Lipinski definition) is 2. The molecule has 0 heterocycles. The lowest BCUT2D eigenvalue weighted by molar-refractivity contribution is -0.115. The third-order valence-electron chi connectivity index (χ3n) is 1.79. The van der Waals surface area contributed by atoms with Crippen molar-refractivity contribution in [3.05, 3.63) is 23.5 Å². The molecule has 4 heteroatoms. The first-order valence-corrected chi connectivity index (χ1v) is 3.57. The molecule has 0 radical (unpaired) electrons. The van der Waals surface area contributed by atoms with Crippen molar-refractivity contribution in [2.45, 2.75) is 12.5 Å². The maximum atomic E-state index is 10.7. The number of methoxy groups -OCH3 is 1. The summed E-state index contributed by atoms with van der Waals surface area (Å²) in [7, 11) is 1.47. The quantitative estimate of drug-likeness (QED) is 0.622. The molecule has 1 rings (SSSR count). The summed E-state index contributed by atoms with van der Waals surface area (Å²) in [5.41, 5.74) is 5.53. The van der Waals surface area contributed by atoms with Crippen LogP contribution in [0.1, 0.15) is 6.42 Å². The Balaban J connectivity index is 2.79. The summed E-state index contributed by atoms with van der Waals surface area (Å²) in [6.45, 7) is 0. The molecule has 0 fully saturated rings. The molecule has 1 unspecified atom stereocenters. The van der Waals surface area contributed by atoms with Gasteiger partial charge in [-0.25, -0.2) is 0 Å². The van der Waals surface area contributed by atoms with Gasteiger partial charge in [-0.3, -0.25) is 4.79 Å². The molecule has 0 saturated heterocycles. The lowest BCUT2D eigenvalue weighted by Gasteiger charge is -2.18. The van der Waals surface area contributed by atoms with Crippen molar-refractivity contribution in [2.75, 3.05) is 7.11 Å². The minimum Gasteiger partial charge on any atom is -0.510 e. The van der Waals surface area contributed by atoms with E-state index < -0.39 is 12.0 Å². The maximum absolute atomic E-state index is 10.7. The normalized spacial score (nSPS) is 22.9. The fourth-order valence-corrected chi connectivity index (χ4v) is 1.05. The van der Waals surface area contributed by atoms with Crippen LogP contribution in [-0.4, -0.2) is 24.2 Å². The first-order chi connectivity index (χ1) is 5.65. The minimum absolute atomic E-state index is 0.127. The first-order valence-electron chi connectivity index (χ1n) is 3.57. The molecule has 1 atom stereocenters. The van der Waals surface area contributed by atoms with Crippen molar-refractivity contribution in [1.29, 1.82) is 0 Å². The summed E-state index contributed by atoms with van der Waals surface area (Å²) >= 11 is 0. The number of aliphatic hydroxyl groups excluding tert-OH is 1. The van der Waals surface area contributed by atoms with Crippen LogP contribution >= 0.6 is 0 Å². The summed E-state index contributed by atoms with van der Waals surface area (Å²) in [5, 5.41) is 9.21. The summed E-state index contributed by atoms with van der Waals surface area (Å²) in [4.78, 5) is 10.7. The van der Waals surface area contributed by atoms with E-state index in [1.165, 1.54) is 19.3 Å². The first kappa shape index (κ1) is 8.80. The molecule has 4 nitrogen and oxygen atoms in total. The Morgan fingerprint density at radius 1 is 1.75 bits per heavy atom. The van der Waals surface area contributed by atoms with E-state index in [4.69, 9.17) is 10.5 Å². The van der Waals surface area contributed by atoms with Crippen LogP contribution in [-0.2, 0) is 9.53 Å². The molecule has 0 spiro atoms. The molecule has 0 aromatic carbocycles. The van der Waals surface area contributed by atoms with Gasteiger partial charge < -0.3 is 15.6 Å². The zero-order valence-electron chi connectivity index (χ0n) is 6.78. The van der Waals surface area contributed by atoms with Crippen molar-refractivity contribution in [3.8, 4) is 0 Å². The van der Waals surface area contributed by atoms with Gasteiger partial charge in [-0.1, -0.05) is 6.08 Å². The Bertz CT molecular complexity index is 255. The second-order valence-electron chi connectivity index (χ2n) is 2.58. The predicted octanol–water partition coefficient (Wildman–Crippen LogP) is 0.259. The van der Waals surface area contributed by atoms with Gasteiger partial charge in [0.1, 0.15) is 11.9 Å². The Labute approximate surface area is 70.3 Å². The standard InChI is InChI=1S/C8H11NO3/c1-12-7-4-5(8(9)11)2-3-6(7)10/h2-3,7,10H,4H2,1H3,(H2,9,11). The Morgan fingerprint density at radius 2 is 2.42 bits per heavy atom. The number of carbonyl (C=O) groups excluding carboxylic acids is 1. The highest BCUT2D eigenvalue weighted by Gasteiger charge is 2.20. The fraction of sp³-hybridized carbons (Fsp3) is 0.375. The molecule has 1 amide bonds. The number of nitrogens with two attached hydrogens (primary N) is 1. The van der Waals surface area contributed by atoms with Crippen LogP contribution in [0.5, 0.6) is 0 Å². The molecular weight excluding hydrogens is 158 g/mol. The molecule has 3 N–H and O–H groups in total. The fourth-order valence-electron chi connectivity index (χ4n) is 1.05. The number of hydrogen-bond acceptors (Lipinski definition) is 3. The monoisotopic (exact) mass is 169 g/mol. The van der Waals surface area contributed by atoms with Crippen molar-refractivity contribution in [2.24, 2.45) is 5.73 Å². The van der Waals surface area contributed by atoms with Crippen LogP contribution in [0.3, 0.4) is 0 Å². The molecule has 0 saturated carbocycles. The smallest absolute Gasteiger partial charge is 0.244 e. The van der Waals surface area contributed by atoms with Crippen LogP contribution in [0.2, 0.25) is 0 Å². The van der Waals surface area contributed by atoms with E-state index in [1.54, 1.807) is 0 Å². The van der Waals surface area contributed by atoms with Gasteiger partial charge in [0.05, 0.1) is 0 Å². The van der Waals surface area contributed by atoms with Crippen LogP contribution in [0.4, 0.5) is 0 Å². The zero-order chi connectivity index (χ0) is 9.14. The molecule has 0 bridgehead atoms. The molecular formula is C8H11NO3. The molecule has 0 aliphatic heterocycles. The van der Waals surface area contributed by atoms with Gasteiger partial charge in [-0.2, -0.15) is 0 Å². The SMILES string of the molecule is COC1CC(C(N)=O)=CC=C1O. The minimum atomic E-state index is -0.471. The van der Waals surface area contributed by atoms with Gasteiger partial charge in [-0.15, -0.1) is 0 Å². The zero-order valence-corrected chi connectivity index (χ0v) is 6.78. The third kappa shape index (κ3) is 1.65. The Kier molecular flexibility index (Phi) is 2.50. The van der Waals surface area contributed by atoms with Crippen molar-refractivity contribution in [1.82, 2.24) is 0 Å². The molecule has 1 aliphatic rings. The Morgan fingerprint density at radius 3 is 2.92 bits per heavy atom. The second-order valence-corrected chi connectivity index (χ2v) is 2.58. The lowest BCUT2D eigenvalue weighted by atomic mass is 10.0. The molecule has 66 valence electrons. The van der Waals surface area contributed by atoms with E-state index >= 15 is 0 Å². The second kappa shape index (κ2) is 3.40. The average molecular weight is 169 g/mol. The number of allylic oxidation sites excluding steroid dienone is 2. The number of carbonyl (C=O) groups is 1. The molecule has 1 aliphatic carbocycles. The molecule has 0 aromatic rings. The van der Waals surface area contributed by atoms with E-state index in [-0.39, 0.29) is 5.76 Å². The van der Waals surface area contributed by atoms with Crippen LogP contribution in [0.15, 0.2) is 23.5 Å².